The molecule has 1 aliphatic rings. The summed E-state index contributed by atoms with van der Waals surface area (Å²) in [5.41, 5.74) is 4.68. The zero-order chi connectivity index (χ0) is 17.3. The Morgan fingerprint density at radius 1 is 1.46 bits per heavy atom. The van der Waals surface area contributed by atoms with Crippen molar-refractivity contribution in [2.24, 2.45) is 5.92 Å². The molecule has 24 heavy (non-hydrogen) atoms. The van der Waals surface area contributed by atoms with Crippen LogP contribution < -0.4 is 10.3 Å². The van der Waals surface area contributed by atoms with Gasteiger partial charge in [0.15, 0.2) is 5.82 Å². The van der Waals surface area contributed by atoms with Crippen molar-refractivity contribution in [1.82, 2.24) is 24.4 Å². The SMILES string of the molecule is CNN(CCCC1CN(c2ncnn3c(Cl)cc(C)c23)C1)[SH](=O)=O. The predicted molar refractivity (Wildman–Crippen MR) is 93.8 cm³/mol. The highest BCUT2D eigenvalue weighted by Gasteiger charge is 2.29. The maximum Gasteiger partial charge on any atom is 0.216 e. The Morgan fingerprint density at radius 2 is 2.21 bits per heavy atom. The molecule has 0 spiro atoms. The third-order valence-electron chi connectivity index (χ3n) is 4.38. The van der Waals surface area contributed by atoms with Crippen molar-refractivity contribution in [1.29, 1.82) is 0 Å². The number of rotatable bonds is 7. The fraction of sp³-hybridized carbons (Fsp3) is 0.571. The minimum atomic E-state index is -2.57. The Labute approximate surface area is 147 Å². The number of hydrogen-bond acceptors (Lipinski definition) is 6. The summed E-state index contributed by atoms with van der Waals surface area (Å²) in [5, 5.41) is 4.78. The van der Waals surface area contributed by atoms with Crippen LogP contribution in [0.1, 0.15) is 18.4 Å². The number of thiol groups is 1. The first kappa shape index (κ1) is 17.4. The van der Waals surface area contributed by atoms with E-state index in [9.17, 15) is 8.42 Å². The average molecular weight is 373 g/mol. The van der Waals surface area contributed by atoms with E-state index < -0.39 is 10.9 Å². The molecule has 0 bridgehead atoms. The number of hydrazine groups is 1. The van der Waals surface area contributed by atoms with Gasteiger partial charge in [0.2, 0.25) is 10.9 Å². The molecule has 8 nitrogen and oxygen atoms in total. The lowest BCUT2D eigenvalue weighted by molar-refractivity contribution is 0.312. The van der Waals surface area contributed by atoms with Crippen LogP contribution in [0, 0.1) is 12.8 Å². The minimum absolute atomic E-state index is 0.497. The van der Waals surface area contributed by atoms with E-state index >= 15 is 0 Å². The van der Waals surface area contributed by atoms with Crippen LogP contribution in [0.15, 0.2) is 12.4 Å². The fourth-order valence-electron chi connectivity index (χ4n) is 3.12. The number of aryl methyl sites for hydroxylation is 1. The van der Waals surface area contributed by atoms with E-state index in [-0.39, 0.29) is 0 Å². The summed E-state index contributed by atoms with van der Waals surface area (Å²) in [5.74, 6) is 1.46. The number of aromatic nitrogens is 3. The van der Waals surface area contributed by atoms with Crippen LogP contribution in [0.2, 0.25) is 5.15 Å². The number of nitrogens with zero attached hydrogens (tertiary/aromatic N) is 5. The second kappa shape index (κ2) is 7.22. The molecule has 0 unspecified atom stereocenters. The van der Waals surface area contributed by atoms with Crippen LogP contribution >= 0.6 is 11.6 Å². The van der Waals surface area contributed by atoms with Crippen LogP contribution in [0.4, 0.5) is 5.82 Å². The van der Waals surface area contributed by atoms with Gasteiger partial charge in [-0.05, 0) is 44.4 Å². The van der Waals surface area contributed by atoms with E-state index in [1.807, 2.05) is 13.0 Å². The summed E-state index contributed by atoms with van der Waals surface area (Å²) in [6.45, 7) is 4.33. The highest BCUT2D eigenvalue weighted by Crippen LogP contribution is 2.32. The molecule has 0 aromatic carbocycles. The summed E-state index contributed by atoms with van der Waals surface area (Å²) in [7, 11) is -0.955. The number of halogens is 1. The van der Waals surface area contributed by atoms with Crippen LogP contribution in [0.3, 0.4) is 0 Å². The number of fused-ring (bicyclic) bond motifs is 1. The van der Waals surface area contributed by atoms with Gasteiger partial charge in [0.25, 0.3) is 0 Å². The third kappa shape index (κ3) is 3.34. The molecule has 132 valence electrons. The van der Waals surface area contributed by atoms with Gasteiger partial charge in [0, 0.05) is 19.6 Å². The van der Waals surface area contributed by atoms with Gasteiger partial charge in [0.05, 0.1) is 0 Å². The Kier molecular flexibility index (Phi) is 5.24. The summed E-state index contributed by atoms with van der Waals surface area (Å²) >= 11 is 6.18. The first-order chi connectivity index (χ1) is 11.5. The van der Waals surface area contributed by atoms with Gasteiger partial charge in [-0.3, -0.25) is 0 Å². The number of hydrogen-bond donors (Lipinski definition) is 2. The highest BCUT2D eigenvalue weighted by atomic mass is 35.5. The minimum Gasteiger partial charge on any atom is -0.354 e. The average Bonchev–Trinajstić information content (AvgIpc) is 2.80. The van der Waals surface area contributed by atoms with Crippen LogP contribution in [0.5, 0.6) is 0 Å². The van der Waals surface area contributed by atoms with Crippen molar-refractivity contribution in [3.63, 3.8) is 0 Å². The van der Waals surface area contributed by atoms with Crippen molar-refractivity contribution >= 4 is 33.8 Å². The van der Waals surface area contributed by atoms with Crippen molar-refractivity contribution in [2.45, 2.75) is 19.8 Å². The highest BCUT2D eigenvalue weighted by molar-refractivity contribution is 7.69. The maximum atomic E-state index is 11.0. The molecule has 1 aliphatic heterocycles. The van der Waals surface area contributed by atoms with Crippen molar-refractivity contribution in [3.8, 4) is 0 Å². The first-order valence-corrected chi connectivity index (χ1v) is 9.35. The van der Waals surface area contributed by atoms with E-state index in [1.54, 1.807) is 11.6 Å². The van der Waals surface area contributed by atoms with Gasteiger partial charge in [-0.25, -0.2) is 23.3 Å². The van der Waals surface area contributed by atoms with E-state index in [0.717, 1.165) is 42.8 Å². The van der Waals surface area contributed by atoms with E-state index in [1.165, 1.54) is 10.7 Å². The lowest BCUT2D eigenvalue weighted by atomic mass is 9.94. The van der Waals surface area contributed by atoms with Gasteiger partial charge in [0.1, 0.15) is 17.0 Å². The van der Waals surface area contributed by atoms with Gasteiger partial charge in [-0.1, -0.05) is 11.6 Å². The van der Waals surface area contributed by atoms with Crippen LogP contribution in [0.25, 0.3) is 5.52 Å². The van der Waals surface area contributed by atoms with E-state index in [4.69, 9.17) is 11.6 Å². The monoisotopic (exact) mass is 372 g/mol. The summed E-state index contributed by atoms with van der Waals surface area (Å²) in [4.78, 5) is 6.64. The zero-order valence-corrected chi connectivity index (χ0v) is 15.3. The molecule has 1 N–H and O–H groups in total. The zero-order valence-electron chi connectivity index (χ0n) is 13.6. The van der Waals surface area contributed by atoms with Gasteiger partial charge >= 0.3 is 0 Å². The van der Waals surface area contributed by atoms with Crippen molar-refractivity contribution < 1.29 is 8.42 Å². The molecule has 2 aromatic rings. The van der Waals surface area contributed by atoms with Crippen molar-refractivity contribution in [2.75, 3.05) is 31.6 Å². The molecule has 1 saturated heterocycles. The fourth-order valence-corrected chi connectivity index (χ4v) is 3.88. The first-order valence-electron chi connectivity index (χ1n) is 7.84. The van der Waals surface area contributed by atoms with E-state index in [2.05, 4.69) is 20.4 Å². The quantitative estimate of drug-likeness (QED) is 0.554. The normalized spacial score (nSPS) is 15.6. The van der Waals surface area contributed by atoms with Crippen LogP contribution in [-0.4, -0.2) is 54.1 Å². The molecule has 1 fully saturated rings. The van der Waals surface area contributed by atoms with Crippen molar-refractivity contribution in [3.05, 3.63) is 23.1 Å². The lowest BCUT2D eigenvalue weighted by Gasteiger charge is -2.40. The van der Waals surface area contributed by atoms with Crippen LogP contribution in [-0.2, 0) is 10.9 Å². The molecular weight excluding hydrogens is 352 g/mol. The third-order valence-corrected chi connectivity index (χ3v) is 5.44. The summed E-state index contributed by atoms with van der Waals surface area (Å²) in [6.07, 6.45) is 3.34. The number of nitrogens with one attached hydrogen (secondary N) is 1. The van der Waals surface area contributed by atoms with E-state index in [0.29, 0.717) is 17.6 Å². The molecule has 3 heterocycles. The smallest absolute Gasteiger partial charge is 0.216 e. The molecule has 0 radical (unpaired) electrons. The largest absolute Gasteiger partial charge is 0.354 e. The standard InChI is InChI=1S/C14H21ClN6O2S/c1-10-6-12(15)21-13(10)14(17-9-18-21)19-7-11(8-19)4-3-5-20(16-2)24(22)23/h6,9,11,16,24H,3-5,7-8H2,1-2H3. The molecule has 0 aliphatic carbocycles. The summed E-state index contributed by atoms with van der Waals surface area (Å²) < 4.78 is 24.9. The molecule has 0 amide bonds. The second-order valence-electron chi connectivity index (χ2n) is 5.99. The van der Waals surface area contributed by atoms with Gasteiger partial charge in [-0.2, -0.15) is 5.10 Å². The second-order valence-corrected chi connectivity index (χ2v) is 7.34. The Hall–Kier alpha value is -1.42. The molecule has 3 rings (SSSR count). The predicted octanol–water partition coefficient (Wildman–Crippen LogP) is 0.870. The number of anilines is 1. The molecule has 10 heteroatoms. The van der Waals surface area contributed by atoms with Gasteiger partial charge < -0.3 is 4.90 Å². The molecule has 0 saturated carbocycles. The molecule has 0 atom stereocenters. The Balaban J connectivity index is 1.58. The molecule has 2 aromatic heterocycles. The molecular formula is C14H21ClN6O2S. The topological polar surface area (TPSA) is 82.8 Å². The lowest BCUT2D eigenvalue weighted by Crippen LogP contribution is -2.47. The Morgan fingerprint density at radius 3 is 2.88 bits per heavy atom. The summed E-state index contributed by atoms with van der Waals surface area (Å²) in [6, 6.07) is 1.89. The maximum absolute atomic E-state index is 11.0. The Bertz CT molecular complexity index is 794. The van der Waals surface area contributed by atoms with Gasteiger partial charge in [-0.15, -0.1) is 4.41 Å².